The number of anilines is 1. The molecule has 166 valence electrons. The summed E-state index contributed by atoms with van der Waals surface area (Å²) < 4.78 is 41.1. The van der Waals surface area contributed by atoms with Gasteiger partial charge in [0.15, 0.2) is 4.96 Å². The maximum atomic E-state index is 13.0. The minimum Gasteiger partial charge on any atom is -0.326 e. The van der Waals surface area contributed by atoms with Crippen LogP contribution in [0.5, 0.6) is 0 Å². The van der Waals surface area contributed by atoms with E-state index in [4.69, 9.17) is 0 Å². The van der Waals surface area contributed by atoms with E-state index in [1.807, 2.05) is 46.4 Å². The van der Waals surface area contributed by atoms with Crippen molar-refractivity contribution >= 4 is 37.9 Å². The number of fused-ring (bicyclic) bond motifs is 1. The van der Waals surface area contributed by atoms with E-state index in [-0.39, 0.29) is 23.8 Å². The summed E-state index contributed by atoms with van der Waals surface area (Å²) in [4.78, 5) is 17.7. The number of carbonyl (C=O) groups excluding carboxylic acids is 1. The Labute approximate surface area is 189 Å². The first-order valence-corrected chi connectivity index (χ1v) is 12.2. The van der Waals surface area contributed by atoms with Crippen molar-refractivity contribution in [3.05, 3.63) is 72.1 Å². The van der Waals surface area contributed by atoms with Crippen LogP contribution in [0.15, 0.2) is 71.2 Å². The number of imidazole rings is 1. The number of thiazole rings is 1. The Morgan fingerprint density at radius 2 is 1.88 bits per heavy atom. The van der Waals surface area contributed by atoms with E-state index >= 15 is 0 Å². The first-order valence-electron chi connectivity index (χ1n) is 9.87. The zero-order valence-electron chi connectivity index (χ0n) is 17.2. The molecule has 0 fully saturated rings. The van der Waals surface area contributed by atoms with Crippen molar-refractivity contribution in [3.8, 4) is 11.3 Å². The summed E-state index contributed by atoms with van der Waals surface area (Å²) in [6.45, 7) is 0.170. The number of nitrogens with zero attached hydrogens (tertiary/aromatic N) is 3. The second-order valence-electron chi connectivity index (χ2n) is 7.23. The molecule has 1 N–H and O–H groups in total. The lowest BCUT2D eigenvalue weighted by Crippen LogP contribution is -2.28. The van der Waals surface area contributed by atoms with Gasteiger partial charge in [0.2, 0.25) is 15.9 Å². The predicted molar refractivity (Wildman–Crippen MR) is 123 cm³/mol. The van der Waals surface area contributed by atoms with Crippen LogP contribution < -0.4 is 5.32 Å². The van der Waals surface area contributed by atoms with Gasteiger partial charge in [-0.05, 0) is 42.8 Å². The third kappa shape index (κ3) is 4.87. The monoisotopic (exact) mass is 472 g/mol. The van der Waals surface area contributed by atoms with E-state index in [1.165, 1.54) is 19.2 Å². The summed E-state index contributed by atoms with van der Waals surface area (Å²) in [5.74, 6) is -0.700. The minimum atomic E-state index is -3.72. The highest BCUT2D eigenvalue weighted by molar-refractivity contribution is 7.89. The smallest absolute Gasteiger partial charge is 0.242 e. The Bertz CT molecular complexity index is 1300. The molecule has 2 heterocycles. The Hall–Kier alpha value is -3.08. The molecule has 0 saturated carbocycles. The fourth-order valence-corrected chi connectivity index (χ4v) is 5.09. The molecule has 0 aliphatic rings. The van der Waals surface area contributed by atoms with Crippen molar-refractivity contribution in [2.75, 3.05) is 18.9 Å². The topological polar surface area (TPSA) is 83.8 Å². The molecule has 4 aromatic rings. The molecule has 0 saturated heterocycles. The zero-order chi connectivity index (χ0) is 22.7. The lowest BCUT2D eigenvalue weighted by Gasteiger charge is -2.17. The van der Waals surface area contributed by atoms with Gasteiger partial charge in [-0.15, -0.1) is 11.3 Å². The Morgan fingerprint density at radius 3 is 2.56 bits per heavy atom. The number of aromatic nitrogens is 2. The molecule has 1 amide bonds. The molecule has 2 aromatic heterocycles. The van der Waals surface area contributed by atoms with Gasteiger partial charge in [-0.3, -0.25) is 9.20 Å². The van der Waals surface area contributed by atoms with Crippen molar-refractivity contribution in [2.24, 2.45) is 0 Å². The highest BCUT2D eigenvalue weighted by atomic mass is 32.2. The lowest BCUT2D eigenvalue weighted by molar-refractivity contribution is -0.116. The maximum absolute atomic E-state index is 13.0. The summed E-state index contributed by atoms with van der Waals surface area (Å²) in [5, 5.41) is 4.79. The van der Waals surface area contributed by atoms with Crippen molar-refractivity contribution in [2.45, 2.75) is 17.7 Å². The molecule has 7 nitrogen and oxygen atoms in total. The molecule has 10 heteroatoms. The quantitative estimate of drug-likeness (QED) is 0.416. The lowest BCUT2D eigenvalue weighted by atomic mass is 10.1. The molecular formula is C22H21FN4O3S2. The van der Waals surface area contributed by atoms with E-state index < -0.39 is 15.8 Å². The number of carbonyl (C=O) groups is 1. The van der Waals surface area contributed by atoms with Gasteiger partial charge in [-0.2, -0.15) is 0 Å². The standard InChI is InChI=1S/C22H21FN4O3S2/c1-26(32(29,30)19-10-6-17(23)7-11-19)12-2-3-21(28)24-18-8-4-16(5-9-18)20-15-27-13-14-31-22(27)25-20/h4-11,13-15H,2-3,12H2,1H3,(H,24,28). The molecule has 0 aliphatic heterocycles. The summed E-state index contributed by atoms with van der Waals surface area (Å²) >= 11 is 1.56. The Balaban J connectivity index is 1.28. The van der Waals surface area contributed by atoms with Crippen molar-refractivity contribution < 1.29 is 17.6 Å². The zero-order valence-corrected chi connectivity index (χ0v) is 18.9. The second kappa shape index (κ2) is 9.19. The Kier molecular flexibility index (Phi) is 6.35. The average Bonchev–Trinajstić information content (AvgIpc) is 3.37. The van der Waals surface area contributed by atoms with Gasteiger partial charge < -0.3 is 5.32 Å². The average molecular weight is 473 g/mol. The number of rotatable bonds is 8. The molecule has 0 spiro atoms. The predicted octanol–water partition coefficient (Wildman–Crippen LogP) is 4.24. The number of halogens is 1. The van der Waals surface area contributed by atoms with Crippen LogP contribution >= 0.6 is 11.3 Å². The summed E-state index contributed by atoms with van der Waals surface area (Å²) in [6.07, 6.45) is 4.43. The molecule has 0 unspecified atom stereocenters. The highest BCUT2D eigenvalue weighted by Gasteiger charge is 2.20. The van der Waals surface area contributed by atoms with Crippen molar-refractivity contribution in [1.29, 1.82) is 0 Å². The van der Waals surface area contributed by atoms with Gasteiger partial charge in [-0.25, -0.2) is 22.1 Å². The number of hydrogen-bond acceptors (Lipinski definition) is 5. The first kappa shape index (κ1) is 22.1. The minimum absolute atomic E-state index is 0.0171. The number of sulfonamides is 1. The summed E-state index contributed by atoms with van der Waals surface area (Å²) in [5.41, 5.74) is 2.47. The van der Waals surface area contributed by atoms with Gasteiger partial charge in [-0.1, -0.05) is 12.1 Å². The van der Waals surface area contributed by atoms with Crippen LogP contribution in [0.3, 0.4) is 0 Å². The number of hydrogen-bond donors (Lipinski definition) is 1. The van der Waals surface area contributed by atoms with Crippen LogP contribution in [0.2, 0.25) is 0 Å². The highest BCUT2D eigenvalue weighted by Crippen LogP contribution is 2.23. The van der Waals surface area contributed by atoms with Gasteiger partial charge in [0.05, 0.1) is 10.6 Å². The number of benzene rings is 2. The maximum Gasteiger partial charge on any atom is 0.242 e. The van der Waals surface area contributed by atoms with Gasteiger partial charge >= 0.3 is 0 Å². The van der Waals surface area contributed by atoms with E-state index in [0.717, 1.165) is 32.7 Å². The van der Waals surface area contributed by atoms with Gasteiger partial charge in [0.25, 0.3) is 0 Å². The van der Waals surface area contributed by atoms with E-state index in [2.05, 4.69) is 10.3 Å². The molecule has 0 atom stereocenters. The van der Waals surface area contributed by atoms with Crippen molar-refractivity contribution in [3.63, 3.8) is 0 Å². The van der Waals surface area contributed by atoms with Gasteiger partial charge in [0.1, 0.15) is 5.82 Å². The van der Waals surface area contributed by atoms with E-state index in [9.17, 15) is 17.6 Å². The SMILES string of the molecule is CN(CCCC(=O)Nc1ccc(-c2cn3ccsc3n2)cc1)S(=O)(=O)c1ccc(F)cc1. The van der Waals surface area contributed by atoms with E-state index in [1.54, 1.807) is 11.3 Å². The third-order valence-corrected chi connectivity index (χ3v) is 7.60. The summed E-state index contributed by atoms with van der Waals surface area (Å²) in [7, 11) is -2.28. The molecule has 2 aromatic carbocycles. The second-order valence-corrected chi connectivity index (χ2v) is 10.1. The molecule has 0 radical (unpaired) electrons. The Morgan fingerprint density at radius 1 is 1.16 bits per heavy atom. The van der Waals surface area contributed by atoms with E-state index in [0.29, 0.717) is 12.1 Å². The van der Waals surface area contributed by atoms with Crippen LogP contribution in [-0.2, 0) is 14.8 Å². The normalized spacial score (nSPS) is 11.8. The molecule has 32 heavy (non-hydrogen) atoms. The van der Waals surface area contributed by atoms with Crippen LogP contribution in [0.4, 0.5) is 10.1 Å². The van der Waals surface area contributed by atoms with Crippen LogP contribution in [0, 0.1) is 5.82 Å². The molecule has 0 bridgehead atoms. The number of amides is 1. The third-order valence-electron chi connectivity index (χ3n) is 4.96. The fraction of sp³-hybridized carbons (Fsp3) is 0.182. The fourth-order valence-electron chi connectivity index (χ4n) is 3.18. The molecule has 4 rings (SSSR count). The first-order chi connectivity index (χ1) is 15.3. The molecular weight excluding hydrogens is 451 g/mol. The van der Waals surface area contributed by atoms with Gasteiger partial charge in [0, 0.05) is 49.0 Å². The summed E-state index contributed by atoms with van der Waals surface area (Å²) in [6, 6.07) is 12.1. The van der Waals surface area contributed by atoms with Crippen LogP contribution in [0.1, 0.15) is 12.8 Å². The molecule has 0 aliphatic carbocycles. The number of nitrogens with one attached hydrogen (secondary N) is 1. The van der Waals surface area contributed by atoms with Crippen molar-refractivity contribution in [1.82, 2.24) is 13.7 Å². The van der Waals surface area contributed by atoms with Crippen LogP contribution in [0.25, 0.3) is 16.2 Å². The largest absolute Gasteiger partial charge is 0.326 e. The van der Waals surface area contributed by atoms with Crippen LogP contribution in [-0.4, -0.2) is 41.6 Å².